The number of ether oxygens (including phenoxy) is 2. The Hall–Kier alpha value is -0.970. The third-order valence-electron chi connectivity index (χ3n) is 2.48. The first-order valence-corrected chi connectivity index (χ1v) is 5.79. The van der Waals surface area contributed by atoms with Crippen molar-refractivity contribution in [2.24, 2.45) is 5.73 Å². The van der Waals surface area contributed by atoms with Crippen molar-refractivity contribution in [1.29, 1.82) is 0 Å². The van der Waals surface area contributed by atoms with E-state index in [1.807, 2.05) is 0 Å². The minimum absolute atomic E-state index is 0.0445. The van der Waals surface area contributed by atoms with Gasteiger partial charge in [-0.25, -0.2) is 4.39 Å². The van der Waals surface area contributed by atoms with E-state index in [4.69, 9.17) is 15.2 Å². The van der Waals surface area contributed by atoms with Crippen LogP contribution in [0.4, 0.5) is 4.39 Å². The molecule has 0 aliphatic rings. The Morgan fingerprint density at radius 2 is 1.88 bits per heavy atom. The summed E-state index contributed by atoms with van der Waals surface area (Å²) in [6, 6.07) is 6.49. The third kappa shape index (κ3) is 6.36. The van der Waals surface area contributed by atoms with Gasteiger partial charge in [0.25, 0.3) is 0 Å². The van der Waals surface area contributed by atoms with E-state index >= 15 is 0 Å². The van der Waals surface area contributed by atoms with Crippen LogP contribution < -0.4 is 5.73 Å². The summed E-state index contributed by atoms with van der Waals surface area (Å²) in [5, 5.41) is 0. The van der Waals surface area contributed by atoms with Crippen LogP contribution in [0.2, 0.25) is 0 Å². The largest absolute Gasteiger partial charge is 0.382 e. The zero-order chi connectivity index (χ0) is 12.5. The first-order valence-electron chi connectivity index (χ1n) is 5.79. The Morgan fingerprint density at radius 3 is 2.53 bits per heavy atom. The lowest BCUT2D eigenvalue weighted by atomic mass is 10.0. The molecule has 1 unspecified atom stereocenters. The number of rotatable bonds is 8. The summed E-state index contributed by atoms with van der Waals surface area (Å²) in [5.74, 6) is -0.217. The minimum atomic E-state index is -0.217. The fourth-order valence-corrected chi connectivity index (χ4v) is 1.50. The molecule has 0 radical (unpaired) electrons. The molecule has 0 aliphatic heterocycles. The van der Waals surface area contributed by atoms with Crippen molar-refractivity contribution in [3.05, 3.63) is 35.6 Å². The molecular formula is C13H20FNO2. The van der Waals surface area contributed by atoms with Gasteiger partial charge in [0.05, 0.1) is 13.2 Å². The van der Waals surface area contributed by atoms with E-state index in [1.54, 1.807) is 19.2 Å². The Kier molecular flexibility index (Phi) is 6.77. The standard InChI is InChI=1S/C13H20FNO2/c1-16-8-9-17-7-6-13(15)10-11-2-4-12(14)5-3-11/h2-5,13H,6-10,15H2,1H3. The topological polar surface area (TPSA) is 44.5 Å². The summed E-state index contributed by atoms with van der Waals surface area (Å²) in [4.78, 5) is 0. The number of hydrogen-bond acceptors (Lipinski definition) is 3. The number of nitrogens with two attached hydrogens (primary N) is 1. The monoisotopic (exact) mass is 241 g/mol. The molecule has 0 saturated carbocycles. The molecule has 3 nitrogen and oxygen atoms in total. The maximum Gasteiger partial charge on any atom is 0.123 e. The Balaban J connectivity index is 2.16. The van der Waals surface area contributed by atoms with E-state index in [0.29, 0.717) is 19.8 Å². The van der Waals surface area contributed by atoms with E-state index in [0.717, 1.165) is 18.4 Å². The first-order chi connectivity index (χ1) is 8.22. The fraction of sp³-hybridized carbons (Fsp3) is 0.538. The van der Waals surface area contributed by atoms with Gasteiger partial charge >= 0.3 is 0 Å². The molecule has 96 valence electrons. The van der Waals surface area contributed by atoms with Gasteiger partial charge in [-0.1, -0.05) is 12.1 Å². The van der Waals surface area contributed by atoms with Crippen molar-refractivity contribution in [1.82, 2.24) is 0 Å². The van der Waals surface area contributed by atoms with E-state index in [2.05, 4.69) is 0 Å². The average molecular weight is 241 g/mol. The molecule has 2 N–H and O–H groups in total. The van der Waals surface area contributed by atoms with Gasteiger partial charge in [0, 0.05) is 19.8 Å². The second-order valence-corrected chi connectivity index (χ2v) is 3.98. The molecule has 1 rings (SSSR count). The molecule has 1 aromatic rings. The zero-order valence-electron chi connectivity index (χ0n) is 10.2. The van der Waals surface area contributed by atoms with Gasteiger partial charge in [-0.05, 0) is 30.5 Å². The minimum Gasteiger partial charge on any atom is -0.382 e. The lowest BCUT2D eigenvalue weighted by molar-refractivity contribution is 0.0672. The summed E-state index contributed by atoms with van der Waals surface area (Å²) in [7, 11) is 1.64. The van der Waals surface area contributed by atoms with Crippen LogP contribution in [0.1, 0.15) is 12.0 Å². The van der Waals surface area contributed by atoms with Crippen LogP contribution in [0.3, 0.4) is 0 Å². The average Bonchev–Trinajstić information content (AvgIpc) is 2.32. The molecule has 0 heterocycles. The van der Waals surface area contributed by atoms with Crippen LogP contribution in [0.25, 0.3) is 0 Å². The molecule has 1 aromatic carbocycles. The van der Waals surface area contributed by atoms with Crippen molar-refractivity contribution in [2.75, 3.05) is 26.9 Å². The predicted molar refractivity (Wildman–Crippen MR) is 65.4 cm³/mol. The molecule has 0 amide bonds. The van der Waals surface area contributed by atoms with Crippen LogP contribution in [-0.4, -0.2) is 33.0 Å². The lowest BCUT2D eigenvalue weighted by Gasteiger charge is -2.11. The smallest absolute Gasteiger partial charge is 0.123 e. The van der Waals surface area contributed by atoms with Crippen molar-refractivity contribution in [2.45, 2.75) is 18.9 Å². The highest BCUT2D eigenvalue weighted by atomic mass is 19.1. The third-order valence-corrected chi connectivity index (χ3v) is 2.48. The Morgan fingerprint density at radius 1 is 1.18 bits per heavy atom. The van der Waals surface area contributed by atoms with E-state index in [1.165, 1.54) is 12.1 Å². The second-order valence-electron chi connectivity index (χ2n) is 3.98. The molecule has 0 aliphatic carbocycles. The summed E-state index contributed by atoms with van der Waals surface area (Å²) < 4.78 is 22.9. The summed E-state index contributed by atoms with van der Waals surface area (Å²) in [6.45, 7) is 1.83. The van der Waals surface area contributed by atoms with Gasteiger partial charge in [0.1, 0.15) is 5.82 Å². The van der Waals surface area contributed by atoms with E-state index in [-0.39, 0.29) is 11.9 Å². The second kappa shape index (κ2) is 8.17. The maximum absolute atomic E-state index is 12.7. The molecule has 17 heavy (non-hydrogen) atoms. The summed E-state index contributed by atoms with van der Waals surface area (Å²) >= 11 is 0. The highest BCUT2D eigenvalue weighted by Gasteiger charge is 2.04. The van der Waals surface area contributed by atoms with Gasteiger partial charge in [0.2, 0.25) is 0 Å². The van der Waals surface area contributed by atoms with Crippen LogP contribution in [-0.2, 0) is 15.9 Å². The van der Waals surface area contributed by atoms with Crippen LogP contribution in [0, 0.1) is 5.82 Å². The van der Waals surface area contributed by atoms with Crippen LogP contribution in [0.5, 0.6) is 0 Å². The van der Waals surface area contributed by atoms with Crippen LogP contribution in [0.15, 0.2) is 24.3 Å². The van der Waals surface area contributed by atoms with Crippen molar-refractivity contribution >= 4 is 0 Å². The van der Waals surface area contributed by atoms with Crippen molar-refractivity contribution in [3.8, 4) is 0 Å². The van der Waals surface area contributed by atoms with E-state index in [9.17, 15) is 4.39 Å². The van der Waals surface area contributed by atoms with Gasteiger partial charge in [0.15, 0.2) is 0 Å². The number of halogens is 1. The highest BCUT2D eigenvalue weighted by Crippen LogP contribution is 2.06. The molecule has 0 spiro atoms. The van der Waals surface area contributed by atoms with Gasteiger partial charge in [-0.15, -0.1) is 0 Å². The quantitative estimate of drug-likeness (QED) is 0.705. The molecule has 0 fully saturated rings. The number of methoxy groups -OCH3 is 1. The molecule has 4 heteroatoms. The number of hydrogen-bond donors (Lipinski definition) is 1. The SMILES string of the molecule is COCCOCCC(N)Cc1ccc(F)cc1. The predicted octanol–water partition coefficient (Wildman–Crippen LogP) is 1.75. The highest BCUT2D eigenvalue weighted by molar-refractivity contribution is 5.16. The molecule has 0 saturated heterocycles. The molecular weight excluding hydrogens is 221 g/mol. The van der Waals surface area contributed by atoms with Gasteiger partial charge in [-0.3, -0.25) is 0 Å². The molecule has 0 aromatic heterocycles. The molecule has 0 bridgehead atoms. The molecule has 1 atom stereocenters. The number of benzene rings is 1. The zero-order valence-corrected chi connectivity index (χ0v) is 10.2. The van der Waals surface area contributed by atoms with Crippen molar-refractivity contribution in [3.63, 3.8) is 0 Å². The Labute approximate surface area is 102 Å². The Bertz CT molecular complexity index is 303. The summed E-state index contributed by atoms with van der Waals surface area (Å²) in [6.07, 6.45) is 1.54. The summed E-state index contributed by atoms with van der Waals surface area (Å²) in [5.41, 5.74) is 7.01. The van der Waals surface area contributed by atoms with E-state index < -0.39 is 0 Å². The lowest BCUT2D eigenvalue weighted by Crippen LogP contribution is -2.25. The van der Waals surface area contributed by atoms with Gasteiger partial charge in [-0.2, -0.15) is 0 Å². The van der Waals surface area contributed by atoms with Crippen molar-refractivity contribution < 1.29 is 13.9 Å². The fourth-order valence-electron chi connectivity index (χ4n) is 1.50. The normalized spacial score (nSPS) is 12.6. The van der Waals surface area contributed by atoms with Crippen LogP contribution >= 0.6 is 0 Å². The first kappa shape index (κ1) is 14.1. The van der Waals surface area contributed by atoms with Gasteiger partial charge < -0.3 is 15.2 Å². The maximum atomic E-state index is 12.7.